The second-order valence-electron chi connectivity index (χ2n) is 5.14. The maximum absolute atomic E-state index is 3.49. The van der Waals surface area contributed by atoms with Crippen molar-refractivity contribution in [3.8, 4) is 0 Å². The van der Waals surface area contributed by atoms with Crippen LogP contribution in [0.5, 0.6) is 0 Å². The van der Waals surface area contributed by atoms with Gasteiger partial charge in [0.25, 0.3) is 0 Å². The van der Waals surface area contributed by atoms with Crippen LogP contribution in [0.3, 0.4) is 0 Å². The lowest BCUT2D eigenvalue weighted by Gasteiger charge is -2.22. The fraction of sp³-hybridized carbons (Fsp3) is 0.222. The topological polar surface area (TPSA) is 3.24 Å². The van der Waals surface area contributed by atoms with Gasteiger partial charge in [0.1, 0.15) is 0 Å². The van der Waals surface area contributed by atoms with Crippen LogP contribution >= 0.6 is 15.9 Å². The van der Waals surface area contributed by atoms with Crippen LogP contribution in [0.25, 0.3) is 11.8 Å². The van der Waals surface area contributed by atoms with Crippen LogP contribution in [0, 0.1) is 0 Å². The first-order chi connectivity index (χ1) is 9.83. The van der Waals surface area contributed by atoms with Gasteiger partial charge in [0.2, 0.25) is 0 Å². The van der Waals surface area contributed by atoms with Gasteiger partial charge in [0.15, 0.2) is 0 Å². The standard InChI is InChI=1S/C18H18BrN/c19-17-10-8-15(9-11-17)14-18(20-12-4-5-13-20)16-6-2-1-3-7-16/h1-3,6-11,14H,4-5,12-13H2. The lowest BCUT2D eigenvalue weighted by atomic mass is 10.1. The van der Waals surface area contributed by atoms with E-state index in [1.54, 1.807) is 0 Å². The number of benzene rings is 2. The van der Waals surface area contributed by atoms with Gasteiger partial charge in [0, 0.05) is 23.3 Å². The molecule has 2 heteroatoms. The average molecular weight is 328 g/mol. The highest BCUT2D eigenvalue weighted by Crippen LogP contribution is 2.26. The number of hydrogen-bond acceptors (Lipinski definition) is 1. The fourth-order valence-corrected chi connectivity index (χ4v) is 2.91. The van der Waals surface area contributed by atoms with Crippen LogP contribution in [0.1, 0.15) is 24.0 Å². The van der Waals surface area contributed by atoms with E-state index in [0.29, 0.717) is 0 Å². The van der Waals surface area contributed by atoms with Crippen molar-refractivity contribution in [1.29, 1.82) is 0 Å². The average Bonchev–Trinajstić information content (AvgIpc) is 3.01. The molecule has 0 amide bonds. The first-order valence-corrected chi connectivity index (χ1v) is 7.90. The Kier molecular flexibility index (Phi) is 4.22. The predicted molar refractivity (Wildman–Crippen MR) is 89.3 cm³/mol. The predicted octanol–water partition coefficient (Wildman–Crippen LogP) is 5.04. The molecule has 1 aliphatic heterocycles. The molecule has 2 aromatic rings. The molecule has 102 valence electrons. The van der Waals surface area contributed by atoms with Crippen molar-refractivity contribution in [2.45, 2.75) is 12.8 Å². The minimum atomic E-state index is 1.12. The number of nitrogens with zero attached hydrogens (tertiary/aromatic N) is 1. The van der Waals surface area contributed by atoms with E-state index in [1.165, 1.54) is 29.7 Å². The Bertz CT molecular complexity index is 581. The van der Waals surface area contributed by atoms with E-state index in [1.807, 2.05) is 0 Å². The molecule has 0 spiro atoms. The monoisotopic (exact) mass is 327 g/mol. The maximum atomic E-state index is 3.49. The number of likely N-dealkylation sites (tertiary alicyclic amines) is 1. The molecule has 3 rings (SSSR count). The molecule has 0 aromatic heterocycles. The summed E-state index contributed by atoms with van der Waals surface area (Å²) in [6.45, 7) is 2.33. The van der Waals surface area contributed by atoms with Crippen LogP contribution < -0.4 is 0 Å². The number of hydrogen-bond donors (Lipinski definition) is 0. The number of halogens is 1. The van der Waals surface area contributed by atoms with E-state index in [4.69, 9.17) is 0 Å². The molecule has 1 aliphatic rings. The largest absolute Gasteiger partial charge is 0.371 e. The van der Waals surface area contributed by atoms with Gasteiger partial charge >= 0.3 is 0 Å². The van der Waals surface area contributed by atoms with Crippen LogP contribution in [0.15, 0.2) is 59.1 Å². The van der Waals surface area contributed by atoms with E-state index < -0.39 is 0 Å². The van der Waals surface area contributed by atoms with Gasteiger partial charge in [-0.25, -0.2) is 0 Å². The summed E-state index contributed by atoms with van der Waals surface area (Å²) in [5, 5.41) is 0. The van der Waals surface area contributed by atoms with Gasteiger partial charge in [0.05, 0.1) is 0 Å². The summed E-state index contributed by atoms with van der Waals surface area (Å²) in [5.41, 5.74) is 3.89. The van der Waals surface area contributed by atoms with E-state index in [0.717, 1.165) is 17.6 Å². The second kappa shape index (κ2) is 6.27. The molecule has 1 saturated heterocycles. The van der Waals surface area contributed by atoms with Crippen molar-refractivity contribution in [3.05, 3.63) is 70.2 Å². The van der Waals surface area contributed by atoms with Gasteiger partial charge in [-0.3, -0.25) is 0 Å². The Labute approximate surface area is 129 Å². The van der Waals surface area contributed by atoms with Gasteiger partial charge in [-0.15, -0.1) is 0 Å². The summed E-state index contributed by atoms with van der Waals surface area (Å²) in [4.78, 5) is 2.50. The van der Waals surface area contributed by atoms with Crippen LogP contribution in [0.2, 0.25) is 0 Å². The number of rotatable bonds is 3. The summed E-state index contributed by atoms with van der Waals surface area (Å²) >= 11 is 3.49. The minimum Gasteiger partial charge on any atom is -0.371 e. The van der Waals surface area contributed by atoms with Crippen molar-refractivity contribution in [2.24, 2.45) is 0 Å². The third-order valence-corrected chi connectivity index (χ3v) is 4.22. The van der Waals surface area contributed by atoms with Crippen molar-refractivity contribution in [2.75, 3.05) is 13.1 Å². The lowest BCUT2D eigenvalue weighted by molar-refractivity contribution is 0.495. The van der Waals surface area contributed by atoms with Crippen LogP contribution in [-0.4, -0.2) is 18.0 Å². The fourth-order valence-electron chi connectivity index (χ4n) is 2.64. The maximum Gasteiger partial charge on any atom is 0.0445 e. The molecule has 0 N–H and O–H groups in total. The van der Waals surface area contributed by atoms with Gasteiger partial charge in [-0.2, -0.15) is 0 Å². The van der Waals surface area contributed by atoms with Crippen molar-refractivity contribution >= 4 is 27.7 Å². The Morgan fingerprint density at radius 2 is 1.55 bits per heavy atom. The zero-order chi connectivity index (χ0) is 13.8. The van der Waals surface area contributed by atoms with E-state index >= 15 is 0 Å². The molecule has 0 saturated carbocycles. The summed E-state index contributed by atoms with van der Waals surface area (Å²) in [7, 11) is 0. The summed E-state index contributed by atoms with van der Waals surface area (Å²) in [6.07, 6.45) is 4.89. The SMILES string of the molecule is Brc1ccc(C=C(c2ccccc2)N2CCCC2)cc1. The van der Waals surface area contributed by atoms with Crippen molar-refractivity contribution < 1.29 is 0 Å². The van der Waals surface area contributed by atoms with Gasteiger partial charge in [-0.05, 0) is 42.2 Å². The van der Waals surface area contributed by atoms with E-state index in [2.05, 4.69) is 81.5 Å². The lowest BCUT2D eigenvalue weighted by Crippen LogP contribution is -2.17. The van der Waals surface area contributed by atoms with Gasteiger partial charge < -0.3 is 4.90 Å². The van der Waals surface area contributed by atoms with E-state index in [9.17, 15) is 0 Å². The summed E-state index contributed by atoms with van der Waals surface area (Å²) in [6, 6.07) is 19.2. The molecule has 0 atom stereocenters. The summed E-state index contributed by atoms with van der Waals surface area (Å²) < 4.78 is 1.12. The smallest absolute Gasteiger partial charge is 0.0445 e. The first-order valence-electron chi connectivity index (χ1n) is 7.10. The highest BCUT2D eigenvalue weighted by atomic mass is 79.9. The van der Waals surface area contributed by atoms with Crippen molar-refractivity contribution in [1.82, 2.24) is 4.90 Å². The highest BCUT2D eigenvalue weighted by molar-refractivity contribution is 9.10. The third kappa shape index (κ3) is 3.13. The molecule has 0 bridgehead atoms. The molecule has 1 nitrogen and oxygen atoms in total. The Morgan fingerprint density at radius 1 is 0.900 bits per heavy atom. The first kappa shape index (κ1) is 13.4. The third-order valence-electron chi connectivity index (χ3n) is 3.69. The van der Waals surface area contributed by atoms with Crippen LogP contribution in [0.4, 0.5) is 0 Å². The zero-order valence-electron chi connectivity index (χ0n) is 11.4. The zero-order valence-corrected chi connectivity index (χ0v) is 13.0. The molecule has 1 heterocycles. The van der Waals surface area contributed by atoms with Crippen molar-refractivity contribution in [3.63, 3.8) is 0 Å². The molecule has 0 aliphatic carbocycles. The van der Waals surface area contributed by atoms with Gasteiger partial charge in [-0.1, -0.05) is 58.4 Å². The quantitative estimate of drug-likeness (QED) is 0.713. The highest BCUT2D eigenvalue weighted by Gasteiger charge is 2.16. The Morgan fingerprint density at radius 3 is 2.20 bits per heavy atom. The molecule has 20 heavy (non-hydrogen) atoms. The molecular formula is C18H18BrN. The molecule has 0 unspecified atom stereocenters. The Hall–Kier alpha value is -1.54. The van der Waals surface area contributed by atoms with Crippen LogP contribution in [-0.2, 0) is 0 Å². The Balaban J connectivity index is 1.98. The molecule has 2 aromatic carbocycles. The summed E-state index contributed by atoms with van der Waals surface area (Å²) in [5.74, 6) is 0. The molecule has 1 fully saturated rings. The van der Waals surface area contributed by atoms with E-state index in [-0.39, 0.29) is 0 Å². The second-order valence-corrected chi connectivity index (χ2v) is 6.06. The minimum absolute atomic E-state index is 1.12. The molecule has 0 radical (unpaired) electrons. The molecular weight excluding hydrogens is 310 g/mol. The normalized spacial score (nSPS) is 15.7.